The zero-order valence-electron chi connectivity index (χ0n) is 12.2. The molecule has 2 aromatic rings. The van der Waals surface area contributed by atoms with Gasteiger partial charge < -0.3 is 11.5 Å². The average Bonchev–Trinajstić information content (AvgIpc) is 2.52. The lowest BCUT2D eigenvalue weighted by Gasteiger charge is -1.96. The summed E-state index contributed by atoms with van der Waals surface area (Å²) in [7, 11) is 0. The van der Waals surface area contributed by atoms with Gasteiger partial charge >= 0.3 is 0 Å². The molecule has 0 fully saturated rings. The van der Waals surface area contributed by atoms with E-state index >= 15 is 0 Å². The van der Waals surface area contributed by atoms with Crippen LogP contribution >= 0.6 is 0 Å². The Morgan fingerprint density at radius 1 is 0.773 bits per heavy atom. The Morgan fingerprint density at radius 2 is 1.18 bits per heavy atom. The number of rotatable bonds is 4. The summed E-state index contributed by atoms with van der Waals surface area (Å²) in [6.07, 6.45) is 2.36. The number of hydrogen-bond acceptors (Lipinski definition) is 6. The number of pyridine rings is 2. The molecular formula is C16H18N6. The minimum absolute atomic E-state index is 0.496. The third-order valence-electron chi connectivity index (χ3n) is 2.64. The first-order valence-corrected chi connectivity index (χ1v) is 6.82. The third kappa shape index (κ3) is 6.88. The minimum Gasteiger partial charge on any atom is -0.384 e. The highest BCUT2D eigenvalue weighted by Gasteiger charge is 1.93. The first-order chi connectivity index (χ1) is 10.7. The Kier molecular flexibility index (Phi) is 7.49. The summed E-state index contributed by atoms with van der Waals surface area (Å²) in [6.45, 7) is 0. The summed E-state index contributed by atoms with van der Waals surface area (Å²) < 4.78 is 0. The molecule has 0 spiro atoms. The molecule has 6 heteroatoms. The van der Waals surface area contributed by atoms with Gasteiger partial charge in [-0.1, -0.05) is 12.1 Å². The van der Waals surface area contributed by atoms with Crippen LogP contribution in [0.3, 0.4) is 0 Å². The van der Waals surface area contributed by atoms with Crippen molar-refractivity contribution in [2.45, 2.75) is 25.7 Å². The highest BCUT2D eigenvalue weighted by Crippen LogP contribution is 2.03. The number of anilines is 2. The molecule has 2 rings (SSSR count). The summed E-state index contributed by atoms with van der Waals surface area (Å²) in [4.78, 5) is 8.07. The van der Waals surface area contributed by atoms with E-state index in [1.165, 1.54) is 0 Å². The van der Waals surface area contributed by atoms with Gasteiger partial charge in [-0.3, -0.25) is 0 Å². The topological polar surface area (TPSA) is 125 Å². The molecule has 6 nitrogen and oxygen atoms in total. The maximum atomic E-state index is 8.29. The van der Waals surface area contributed by atoms with Crippen molar-refractivity contribution in [2.75, 3.05) is 11.5 Å². The maximum Gasteiger partial charge on any atom is 0.123 e. The van der Waals surface area contributed by atoms with Gasteiger partial charge in [0.05, 0.1) is 12.1 Å². The fourth-order valence-corrected chi connectivity index (χ4v) is 1.64. The molecule has 112 valence electrons. The lowest BCUT2D eigenvalue weighted by atomic mass is 10.2. The monoisotopic (exact) mass is 294 g/mol. The third-order valence-corrected chi connectivity index (χ3v) is 2.64. The van der Waals surface area contributed by atoms with E-state index in [-0.39, 0.29) is 0 Å². The van der Waals surface area contributed by atoms with Crippen LogP contribution in [0.15, 0.2) is 36.4 Å². The van der Waals surface area contributed by atoms with E-state index in [2.05, 4.69) is 22.1 Å². The Labute approximate surface area is 130 Å². The Hall–Kier alpha value is -3.12. The molecule has 0 aliphatic carbocycles. The van der Waals surface area contributed by atoms with Crippen molar-refractivity contribution in [3.63, 3.8) is 0 Å². The summed E-state index contributed by atoms with van der Waals surface area (Å²) in [5.74, 6) is 1.03. The maximum absolute atomic E-state index is 8.29. The van der Waals surface area contributed by atoms with Gasteiger partial charge in [0.15, 0.2) is 0 Å². The average molecular weight is 294 g/mol. The lowest BCUT2D eigenvalue weighted by molar-refractivity contribution is 0.955. The molecule has 0 radical (unpaired) electrons. The molecule has 0 aliphatic heterocycles. The second-order valence-corrected chi connectivity index (χ2v) is 4.42. The Morgan fingerprint density at radius 3 is 1.50 bits per heavy atom. The van der Waals surface area contributed by atoms with Crippen LogP contribution in [-0.2, 0) is 12.8 Å². The molecule has 0 saturated carbocycles. The van der Waals surface area contributed by atoms with Crippen molar-refractivity contribution in [1.82, 2.24) is 9.97 Å². The Bertz CT molecular complexity index is 609. The van der Waals surface area contributed by atoms with E-state index in [0.29, 0.717) is 37.3 Å². The van der Waals surface area contributed by atoms with Crippen molar-refractivity contribution in [2.24, 2.45) is 0 Å². The van der Waals surface area contributed by atoms with E-state index < -0.39 is 0 Å². The van der Waals surface area contributed by atoms with Gasteiger partial charge in [-0.15, -0.1) is 0 Å². The van der Waals surface area contributed by atoms with Crippen LogP contribution in [0.5, 0.6) is 0 Å². The number of nitrogens with zero attached hydrogens (tertiary/aromatic N) is 4. The molecular weight excluding hydrogens is 276 g/mol. The van der Waals surface area contributed by atoms with Gasteiger partial charge in [0.2, 0.25) is 0 Å². The van der Waals surface area contributed by atoms with E-state index in [1.807, 2.05) is 24.3 Å². The first-order valence-electron chi connectivity index (χ1n) is 6.82. The summed E-state index contributed by atoms with van der Waals surface area (Å²) >= 11 is 0. The molecule has 0 bridgehead atoms. The van der Waals surface area contributed by atoms with Gasteiger partial charge in [-0.05, 0) is 24.3 Å². The SMILES string of the molecule is N#CCCc1cccc(N)n1.N#CCCc1cccc(N)n1. The van der Waals surface area contributed by atoms with Crippen molar-refractivity contribution in [1.29, 1.82) is 10.5 Å². The second kappa shape index (κ2) is 9.73. The predicted molar refractivity (Wildman–Crippen MR) is 85.2 cm³/mol. The minimum atomic E-state index is 0.496. The lowest BCUT2D eigenvalue weighted by Crippen LogP contribution is -1.94. The van der Waals surface area contributed by atoms with Gasteiger partial charge in [0, 0.05) is 37.1 Å². The van der Waals surface area contributed by atoms with Gasteiger partial charge in [0.1, 0.15) is 11.6 Å². The van der Waals surface area contributed by atoms with Crippen molar-refractivity contribution >= 4 is 11.6 Å². The number of hydrogen-bond donors (Lipinski definition) is 2. The zero-order valence-corrected chi connectivity index (χ0v) is 12.2. The van der Waals surface area contributed by atoms with E-state index in [4.69, 9.17) is 22.0 Å². The molecule has 0 aliphatic rings. The van der Waals surface area contributed by atoms with Crippen LogP contribution in [0.2, 0.25) is 0 Å². The highest BCUT2D eigenvalue weighted by molar-refractivity contribution is 5.29. The number of aromatic nitrogens is 2. The molecule has 2 aromatic heterocycles. The summed E-state index contributed by atoms with van der Waals surface area (Å²) in [5, 5.41) is 16.6. The molecule has 0 saturated heterocycles. The Balaban J connectivity index is 0.000000220. The number of aryl methyl sites for hydroxylation is 2. The highest BCUT2D eigenvalue weighted by atomic mass is 14.8. The zero-order chi connectivity index (χ0) is 16.2. The van der Waals surface area contributed by atoms with E-state index in [9.17, 15) is 0 Å². The van der Waals surface area contributed by atoms with Crippen molar-refractivity contribution < 1.29 is 0 Å². The first kappa shape index (κ1) is 16.9. The smallest absolute Gasteiger partial charge is 0.123 e. The van der Waals surface area contributed by atoms with Gasteiger partial charge in [0.25, 0.3) is 0 Å². The van der Waals surface area contributed by atoms with Crippen LogP contribution in [-0.4, -0.2) is 9.97 Å². The van der Waals surface area contributed by atoms with Crippen molar-refractivity contribution in [3.05, 3.63) is 47.8 Å². The second-order valence-electron chi connectivity index (χ2n) is 4.42. The fraction of sp³-hybridized carbons (Fsp3) is 0.250. The summed E-state index contributed by atoms with van der Waals surface area (Å²) in [5.41, 5.74) is 12.6. The fourth-order valence-electron chi connectivity index (χ4n) is 1.64. The number of nitriles is 2. The molecule has 0 aromatic carbocycles. The molecule has 0 unspecified atom stereocenters. The largest absolute Gasteiger partial charge is 0.384 e. The standard InChI is InChI=1S/2C8H9N3/c2*9-6-2-4-7-3-1-5-8(10)11-7/h2*1,3,5H,2,4H2,(H2,10,11). The molecule has 4 N–H and O–H groups in total. The van der Waals surface area contributed by atoms with E-state index in [0.717, 1.165) is 11.4 Å². The number of nitrogens with two attached hydrogens (primary N) is 2. The number of nitrogen functional groups attached to an aromatic ring is 2. The summed E-state index contributed by atoms with van der Waals surface area (Å²) in [6, 6.07) is 15.0. The van der Waals surface area contributed by atoms with Crippen LogP contribution in [0.25, 0.3) is 0 Å². The van der Waals surface area contributed by atoms with Gasteiger partial charge in [-0.25, -0.2) is 9.97 Å². The van der Waals surface area contributed by atoms with Crippen LogP contribution in [0, 0.1) is 22.7 Å². The predicted octanol–water partition coefficient (Wildman–Crippen LogP) is 2.24. The van der Waals surface area contributed by atoms with Crippen LogP contribution < -0.4 is 11.5 Å². The molecule has 0 amide bonds. The molecule has 2 heterocycles. The quantitative estimate of drug-likeness (QED) is 0.890. The van der Waals surface area contributed by atoms with Crippen molar-refractivity contribution in [3.8, 4) is 12.1 Å². The molecule has 0 atom stereocenters. The van der Waals surface area contributed by atoms with Crippen LogP contribution in [0.4, 0.5) is 11.6 Å². The normalized spacial score (nSPS) is 9.00. The van der Waals surface area contributed by atoms with Gasteiger partial charge in [-0.2, -0.15) is 10.5 Å². The van der Waals surface area contributed by atoms with Crippen LogP contribution in [0.1, 0.15) is 24.2 Å². The van der Waals surface area contributed by atoms with E-state index in [1.54, 1.807) is 12.1 Å². The molecule has 22 heavy (non-hydrogen) atoms.